The molecule has 1 aliphatic rings. The summed E-state index contributed by atoms with van der Waals surface area (Å²) in [6, 6.07) is 1.93. The molecule has 20 heavy (non-hydrogen) atoms. The van der Waals surface area contributed by atoms with E-state index < -0.39 is 0 Å². The van der Waals surface area contributed by atoms with Gasteiger partial charge in [-0.25, -0.2) is 0 Å². The summed E-state index contributed by atoms with van der Waals surface area (Å²) in [6.45, 7) is 8.14. The predicted molar refractivity (Wildman–Crippen MR) is 79.6 cm³/mol. The van der Waals surface area contributed by atoms with Crippen molar-refractivity contribution in [3.05, 3.63) is 18.0 Å². The van der Waals surface area contributed by atoms with E-state index in [9.17, 15) is 0 Å². The quantitative estimate of drug-likeness (QED) is 0.498. The second kappa shape index (κ2) is 7.89. The molecule has 1 saturated heterocycles. The van der Waals surface area contributed by atoms with Crippen molar-refractivity contribution in [1.29, 1.82) is 0 Å². The minimum Gasteiger partial charge on any atom is -0.364 e. The average molecular weight is 279 g/mol. The van der Waals surface area contributed by atoms with Crippen LogP contribution in [-0.2, 0) is 6.54 Å². The van der Waals surface area contributed by atoms with Crippen LogP contribution in [0.2, 0.25) is 0 Å². The van der Waals surface area contributed by atoms with Crippen molar-refractivity contribution in [2.45, 2.75) is 26.3 Å². The van der Waals surface area contributed by atoms with Gasteiger partial charge in [-0.15, -0.1) is 0 Å². The molecule has 2 rings (SSSR count). The summed E-state index contributed by atoms with van der Waals surface area (Å²) in [5.74, 6) is 1.03. The summed E-state index contributed by atoms with van der Waals surface area (Å²) < 4.78 is 4.87. The molecule has 0 aromatic carbocycles. The standard InChI is InChI=1S/C14H25N5O/c1-3-4-6-16-14(15-2)19-9-7-18(8-10-19)12-13-5-11-20-17-13/h5,11H,3-4,6-10,12H2,1-2H3,(H,15,16). The van der Waals surface area contributed by atoms with Crippen molar-refractivity contribution in [3.8, 4) is 0 Å². The van der Waals surface area contributed by atoms with Crippen molar-refractivity contribution in [1.82, 2.24) is 20.3 Å². The molecule has 1 aromatic heterocycles. The fraction of sp³-hybridized carbons (Fsp3) is 0.714. The summed E-state index contributed by atoms with van der Waals surface area (Å²) in [5.41, 5.74) is 1.00. The van der Waals surface area contributed by atoms with Crippen LogP contribution in [0.15, 0.2) is 21.8 Å². The fourth-order valence-electron chi connectivity index (χ4n) is 2.38. The van der Waals surface area contributed by atoms with Crippen molar-refractivity contribution in [2.75, 3.05) is 39.8 Å². The van der Waals surface area contributed by atoms with E-state index in [-0.39, 0.29) is 0 Å². The van der Waals surface area contributed by atoms with Crippen LogP contribution in [0.4, 0.5) is 0 Å². The van der Waals surface area contributed by atoms with Crippen LogP contribution in [0.25, 0.3) is 0 Å². The highest BCUT2D eigenvalue weighted by molar-refractivity contribution is 5.79. The largest absolute Gasteiger partial charge is 0.364 e. The Bertz CT molecular complexity index is 396. The molecule has 0 amide bonds. The second-order valence-corrected chi connectivity index (χ2v) is 5.08. The minimum atomic E-state index is 0.867. The summed E-state index contributed by atoms with van der Waals surface area (Å²) in [4.78, 5) is 9.09. The number of piperazine rings is 1. The lowest BCUT2D eigenvalue weighted by Gasteiger charge is -2.36. The zero-order chi connectivity index (χ0) is 14.2. The molecule has 2 heterocycles. The van der Waals surface area contributed by atoms with Gasteiger partial charge in [0.15, 0.2) is 5.96 Å². The molecule has 1 aromatic rings. The molecular formula is C14H25N5O. The smallest absolute Gasteiger partial charge is 0.193 e. The van der Waals surface area contributed by atoms with E-state index in [1.807, 2.05) is 13.1 Å². The first-order chi connectivity index (χ1) is 9.83. The van der Waals surface area contributed by atoms with E-state index in [4.69, 9.17) is 4.52 Å². The number of aromatic nitrogens is 1. The second-order valence-electron chi connectivity index (χ2n) is 5.08. The lowest BCUT2D eigenvalue weighted by atomic mass is 10.3. The monoisotopic (exact) mass is 279 g/mol. The lowest BCUT2D eigenvalue weighted by molar-refractivity contribution is 0.169. The maximum Gasteiger partial charge on any atom is 0.193 e. The van der Waals surface area contributed by atoms with Crippen LogP contribution in [0, 0.1) is 0 Å². The number of guanidine groups is 1. The first-order valence-electron chi connectivity index (χ1n) is 7.40. The Hall–Kier alpha value is -1.56. The average Bonchev–Trinajstić information content (AvgIpc) is 2.98. The number of aliphatic imine (C=N–C) groups is 1. The van der Waals surface area contributed by atoms with Gasteiger partial charge in [0.2, 0.25) is 0 Å². The molecule has 0 bridgehead atoms. The van der Waals surface area contributed by atoms with E-state index in [0.717, 1.165) is 50.9 Å². The van der Waals surface area contributed by atoms with Gasteiger partial charge >= 0.3 is 0 Å². The third-order valence-corrected chi connectivity index (χ3v) is 3.57. The molecule has 1 fully saturated rings. The Morgan fingerprint density at radius 1 is 1.40 bits per heavy atom. The van der Waals surface area contributed by atoms with E-state index in [1.54, 1.807) is 6.26 Å². The molecule has 0 saturated carbocycles. The topological polar surface area (TPSA) is 56.9 Å². The van der Waals surface area contributed by atoms with Gasteiger partial charge in [-0.05, 0) is 6.42 Å². The summed E-state index contributed by atoms with van der Waals surface area (Å²) >= 11 is 0. The van der Waals surface area contributed by atoms with Crippen LogP contribution in [0.1, 0.15) is 25.5 Å². The van der Waals surface area contributed by atoms with Gasteiger partial charge in [0, 0.05) is 52.4 Å². The van der Waals surface area contributed by atoms with Crippen molar-refractivity contribution in [3.63, 3.8) is 0 Å². The minimum absolute atomic E-state index is 0.867. The first kappa shape index (κ1) is 14.8. The van der Waals surface area contributed by atoms with Crippen LogP contribution in [0.3, 0.4) is 0 Å². The van der Waals surface area contributed by atoms with Crippen LogP contribution in [-0.4, -0.2) is 60.7 Å². The van der Waals surface area contributed by atoms with Gasteiger partial charge in [-0.1, -0.05) is 18.5 Å². The van der Waals surface area contributed by atoms with Gasteiger partial charge in [0.05, 0.1) is 5.69 Å². The van der Waals surface area contributed by atoms with Gasteiger partial charge < -0.3 is 14.7 Å². The molecule has 112 valence electrons. The molecular weight excluding hydrogens is 254 g/mol. The molecule has 1 aliphatic heterocycles. The Kier molecular flexibility index (Phi) is 5.86. The molecule has 0 radical (unpaired) electrons. The van der Waals surface area contributed by atoms with Gasteiger partial charge in [-0.3, -0.25) is 9.89 Å². The molecule has 6 heteroatoms. The maximum atomic E-state index is 4.87. The molecule has 0 aliphatic carbocycles. The highest BCUT2D eigenvalue weighted by Crippen LogP contribution is 2.07. The zero-order valence-corrected chi connectivity index (χ0v) is 12.5. The Morgan fingerprint density at radius 2 is 2.20 bits per heavy atom. The Labute approximate surface area is 120 Å². The van der Waals surface area contributed by atoms with Crippen molar-refractivity contribution >= 4 is 5.96 Å². The third kappa shape index (κ3) is 4.23. The fourth-order valence-corrected chi connectivity index (χ4v) is 2.38. The SMILES string of the molecule is CCCCNC(=NC)N1CCN(Cc2ccon2)CC1. The summed E-state index contributed by atoms with van der Waals surface area (Å²) in [5, 5.41) is 7.39. The van der Waals surface area contributed by atoms with E-state index in [1.165, 1.54) is 12.8 Å². The first-order valence-corrected chi connectivity index (χ1v) is 7.40. The number of hydrogen-bond acceptors (Lipinski definition) is 4. The van der Waals surface area contributed by atoms with E-state index in [2.05, 4.69) is 32.2 Å². The zero-order valence-electron chi connectivity index (χ0n) is 12.5. The highest BCUT2D eigenvalue weighted by Gasteiger charge is 2.19. The molecule has 0 atom stereocenters. The number of nitrogens with one attached hydrogen (secondary N) is 1. The Balaban J connectivity index is 1.75. The van der Waals surface area contributed by atoms with Crippen LogP contribution >= 0.6 is 0 Å². The number of unbranched alkanes of at least 4 members (excludes halogenated alkanes) is 1. The van der Waals surface area contributed by atoms with Crippen LogP contribution in [0.5, 0.6) is 0 Å². The van der Waals surface area contributed by atoms with E-state index in [0.29, 0.717) is 0 Å². The predicted octanol–water partition coefficient (Wildman–Crippen LogP) is 1.17. The van der Waals surface area contributed by atoms with E-state index >= 15 is 0 Å². The summed E-state index contributed by atoms with van der Waals surface area (Å²) in [7, 11) is 1.86. The highest BCUT2D eigenvalue weighted by atomic mass is 16.5. The lowest BCUT2D eigenvalue weighted by Crippen LogP contribution is -2.52. The Morgan fingerprint density at radius 3 is 2.80 bits per heavy atom. The number of nitrogens with zero attached hydrogens (tertiary/aromatic N) is 4. The maximum absolute atomic E-state index is 4.87. The molecule has 0 unspecified atom stereocenters. The number of hydrogen-bond donors (Lipinski definition) is 1. The number of rotatable bonds is 5. The summed E-state index contributed by atoms with van der Waals surface area (Å²) in [6.07, 6.45) is 4.02. The van der Waals surface area contributed by atoms with Gasteiger partial charge in [-0.2, -0.15) is 0 Å². The normalized spacial score (nSPS) is 17.5. The molecule has 1 N–H and O–H groups in total. The van der Waals surface area contributed by atoms with Crippen LogP contribution < -0.4 is 5.32 Å². The van der Waals surface area contributed by atoms with Gasteiger partial charge in [0.1, 0.15) is 6.26 Å². The molecule has 6 nitrogen and oxygen atoms in total. The van der Waals surface area contributed by atoms with Gasteiger partial charge in [0.25, 0.3) is 0 Å². The molecule has 0 spiro atoms. The van der Waals surface area contributed by atoms with Crippen molar-refractivity contribution < 1.29 is 4.52 Å². The third-order valence-electron chi connectivity index (χ3n) is 3.57. The van der Waals surface area contributed by atoms with Crippen molar-refractivity contribution in [2.24, 2.45) is 4.99 Å².